The van der Waals surface area contributed by atoms with Crippen LogP contribution in [-0.4, -0.2) is 28.4 Å². The Kier molecular flexibility index (Phi) is 8.51. The molecule has 0 radical (unpaired) electrons. The van der Waals surface area contributed by atoms with Gasteiger partial charge in [0.25, 0.3) is 5.69 Å². The van der Waals surface area contributed by atoms with Gasteiger partial charge in [0.2, 0.25) is 0 Å². The van der Waals surface area contributed by atoms with Crippen molar-refractivity contribution in [3.8, 4) is 23.8 Å². The zero-order valence-corrected chi connectivity index (χ0v) is 17.6. The fourth-order valence-corrected chi connectivity index (χ4v) is 3.18. The lowest BCUT2D eigenvalue weighted by Crippen LogP contribution is -2.10. The van der Waals surface area contributed by atoms with Gasteiger partial charge in [-0.05, 0) is 30.3 Å². The maximum absolute atomic E-state index is 12.8. The van der Waals surface area contributed by atoms with E-state index in [1.807, 2.05) is 0 Å². The first-order valence-corrected chi connectivity index (χ1v) is 9.94. The first-order chi connectivity index (χ1) is 15.0. The van der Waals surface area contributed by atoms with Crippen LogP contribution in [0.25, 0.3) is 0 Å². The Morgan fingerprint density at radius 2 is 1.94 bits per heavy atom. The molecule has 0 fully saturated rings. The molecular formula is C20H13ClF3NO6S. The number of carbonyl (C=O) groups excluding carboxylic acids is 2. The number of nitrogens with zero attached hydrogens (tertiary/aromatic N) is 1. The molecule has 0 saturated heterocycles. The number of thioether (sulfide) groups is 1. The number of rotatable bonds is 8. The molecule has 2 aromatic rings. The molecule has 0 aromatic heterocycles. The number of nitro groups is 1. The van der Waals surface area contributed by atoms with Gasteiger partial charge in [0.15, 0.2) is 11.7 Å². The lowest BCUT2D eigenvalue weighted by Gasteiger charge is -2.12. The summed E-state index contributed by atoms with van der Waals surface area (Å²) in [6.07, 6.45) is -0.0546. The van der Waals surface area contributed by atoms with Gasteiger partial charge in [0.1, 0.15) is 11.5 Å². The van der Waals surface area contributed by atoms with Crippen molar-refractivity contribution in [1.82, 2.24) is 0 Å². The van der Waals surface area contributed by atoms with Gasteiger partial charge in [-0.2, -0.15) is 13.2 Å². The SMILES string of the molecule is C#CCOC(=O)CSC(=O)Cc1cc(Oc2ccc(C(F)(F)F)cc2Cl)ccc1[N+](=O)[O-]. The highest BCUT2D eigenvalue weighted by atomic mass is 35.5. The molecule has 168 valence electrons. The zero-order chi connectivity index (χ0) is 23.9. The number of ether oxygens (including phenoxy) is 2. The Balaban J connectivity index is 2.17. The molecule has 0 spiro atoms. The van der Waals surface area contributed by atoms with E-state index >= 15 is 0 Å². The van der Waals surface area contributed by atoms with Gasteiger partial charge in [-0.15, -0.1) is 6.42 Å². The van der Waals surface area contributed by atoms with E-state index in [4.69, 9.17) is 22.8 Å². The van der Waals surface area contributed by atoms with E-state index in [2.05, 4.69) is 10.7 Å². The number of hydrogen-bond acceptors (Lipinski definition) is 7. The van der Waals surface area contributed by atoms with Crippen molar-refractivity contribution in [3.05, 3.63) is 62.7 Å². The summed E-state index contributed by atoms with van der Waals surface area (Å²) >= 11 is 6.44. The molecule has 0 heterocycles. The van der Waals surface area contributed by atoms with E-state index in [0.717, 1.165) is 18.2 Å². The summed E-state index contributed by atoms with van der Waals surface area (Å²) in [5.41, 5.74) is -1.37. The van der Waals surface area contributed by atoms with Crippen LogP contribution in [0.5, 0.6) is 11.5 Å². The Morgan fingerprint density at radius 3 is 2.53 bits per heavy atom. The number of halogens is 4. The molecule has 7 nitrogen and oxygen atoms in total. The maximum Gasteiger partial charge on any atom is 0.416 e. The fraction of sp³-hybridized carbons (Fsp3) is 0.200. The first kappa shape index (κ1) is 25.0. The van der Waals surface area contributed by atoms with Crippen LogP contribution in [0.15, 0.2) is 36.4 Å². The van der Waals surface area contributed by atoms with Crippen molar-refractivity contribution < 1.29 is 37.2 Å². The summed E-state index contributed by atoms with van der Waals surface area (Å²) in [6.45, 7) is -0.245. The lowest BCUT2D eigenvalue weighted by molar-refractivity contribution is -0.385. The molecule has 0 N–H and O–H groups in total. The maximum atomic E-state index is 12.8. The Labute approximate surface area is 189 Å². The van der Waals surface area contributed by atoms with Crippen LogP contribution in [-0.2, 0) is 26.9 Å². The van der Waals surface area contributed by atoms with E-state index < -0.39 is 34.2 Å². The average Bonchev–Trinajstić information content (AvgIpc) is 2.71. The summed E-state index contributed by atoms with van der Waals surface area (Å²) in [5.74, 6) is 0.948. The van der Waals surface area contributed by atoms with E-state index in [-0.39, 0.29) is 40.1 Å². The van der Waals surface area contributed by atoms with Crippen LogP contribution in [0.1, 0.15) is 11.1 Å². The van der Waals surface area contributed by atoms with Crippen molar-refractivity contribution in [3.63, 3.8) is 0 Å². The van der Waals surface area contributed by atoms with Crippen LogP contribution in [0.3, 0.4) is 0 Å². The van der Waals surface area contributed by atoms with Crippen LogP contribution < -0.4 is 4.74 Å². The van der Waals surface area contributed by atoms with E-state index in [1.54, 1.807) is 0 Å². The first-order valence-electron chi connectivity index (χ1n) is 8.58. The minimum absolute atomic E-state index is 0.0125. The van der Waals surface area contributed by atoms with Crippen molar-refractivity contribution in [2.75, 3.05) is 12.4 Å². The molecule has 0 aliphatic carbocycles. The van der Waals surface area contributed by atoms with Gasteiger partial charge in [-0.25, -0.2) is 0 Å². The summed E-state index contributed by atoms with van der Waals surface area (Å²) in [7, 11) is 0. The third-order valence-electron chi connectivity index (χ3n) is 3.74. The number of esters is 1. The average molecular weight is 488 g/mol. The topological polar surface area (TPSA) is 95.7 Å². The lowest BCUT2D eigenvalue weighted by atomic mass is 10.1. The monoisotopic (exact) mass is 487 g/mol. The highest BCUT2D eigenvalue weighted by Gasteiger charge is 2.31. The molecule has 0 aliphatic rings. The van der Waals surface area contributed by atoms with Gasteiger partial charge in [-0.1, -0.05) is 29.3 Å². The Morgan fingerprint density at radius 1 is 1.22 bits per heavy atom. The second-order valence-corrected chi connectivity index (χ2v) is 7.43. The van der Waals surface area contributed by atoms with Crippen molar-refractivity contribution in [1.29, 1.82) is 0 Å². The van der Waals surface area contributed by atoms with Crippen LogP contribution in [0, 0.1) is 22.5 Å². The normalized spacial score (nSPS) is 10.8. The van der Waals surface area contributed by atoms with Crippen molar-refractivity contribution in [2.24, 2.45) is 0 Å². The van der Waals surface area contributed by atoms with Gasteiger partial charge in [-0.3, -0.25) is 19.7 Å². The molecular weight excluding hydrogens is 475 g/mol. The highest BCUT2D eigenvalue weighted by molar-refractivity contribution is 8.14. The molecule has 2 rings (SSSR count). The fourth-order valence-electron chi connectivity index (χ4n) is 2.34. The molecule has 0 bridgehead atoms. The van der Waals surface area contributed by atoms with E-state index in [0.29, 0.717) is 17.8 Å². The zero-order valence-electron chi connectivity index (χ0n) is 16.0. The van der Waals surface area contributed by atoms with Crippen LogP contribution >= 0.6 is 23.4 Å². The molecule has 0 unspecified atom stereocenters. The third kappa shape index (κ3) is 7.18. The van der Waals surface area contributed by atoms with E-state index in [1.165, 1.54) is 12.1 Å². The second kappa shape index (κ2) is 10.9. The molecule has 0 saturated carbocycles. The minimum Gasteiger partial charge on any atom is -0.456 e. The molecule has 0 aliphatic heterocycles. The molecule has 12 heteroatoms. The third-order valence-corrected chi connectivity index (χ3v) is 4.88. The predicted molar refractivity (Wildman–Crippen MR) is 111 cm³/mol. The van der Waals surface area contributed by atoms with Crippen LogP contribution in [0.2, 0.25) is 5.02 Å². The molecule has 0 atom stereocenters. The standard InChI is InChI=1S/C20H13ClF3NO6S/c1-2-7-30-18(26)11-32-19(27)9-12-8-14(4-5-16(12)25(28)29)31-17-6-3-13(10-15(17)21)20(22,23)24/h1,3-6,8,10H,7,9,11H2. The van der Waals surface area contributed by atoms with Crippen molar-refractivity contribution >= 4 is 40.1 Å². The number of hydrogen-bond donors (Lipinski definition) is 0. The number of carbonyl (C=O) groups is 2. The Bertz CT molecular complexity index is 1080. The van der Waals surface area contributed by atoms with Crippen LogP contribution in [0.4, 0.5) is 18.9 Å². The molecule has 2 aromatic carbocycles. The predicted octanol–water partition coefficient (Wildman–Crippen LogP) is 5.04. The quantitative estimate of drug-likeness (QED) is 0.223. The van der Waals surface area contributed by atoms with Gasteiger partial charge in [0.05, 0.1) is 21.3 Å². The number of alkyl halides is 3. The van der Waals surface area contributed by atoms with Gasteiger partial charge in [0, 0.05) is 18.1 Å². The Hall–Kier alpha value is -3.23. The van der Waals surface area contributed by atoms with E-state index in [9.17, 15) is 32.9 Å². The summed E-state index contributed by atoms with van der Waals surface area (Å²) in [6, 6.07) is 5.96. The number of terminal acetylenes is 1. The van der Waals surface area contributed by atoms with Gasteiger partial charge < -0.3 is 9.47 Å². The molecule has 0 amide bonds. The summed E-state index contributed by atoms with van der Waals surface area (Å²) in [5, 5.41) is 10.4. The van der Waals surface area contributed by atoms with Crippen molar-refractivity contribution in [2.45, 2.75) is 12.6 Å². The highest BCUT2D eigenvalue weighted by Crippen LogP contribution is 2.37. The number of nitro benzene ring substituents is 1. The summed E-state index contributed by atoms with van der Waals surface area (Å²) < 4.78 is 48.3. The van der Waals surface area contributed by atoms with Gasteiger partial charge >= 0.3 is 12.1 Å². The largest absolute Gasteiger partial charge is 0.456 e. The summed E-state index contributed by atoms with van der Waals surface area (Å²) in [4.78, 5) is 34.1. The smallest absolute Gasteiger partial charge is 0.416 e. The molecule has 32 heavy (non-hydrogen) atoms. The number of benzene rings is 2. The minimum atomic E-state index is -4.59. The second-order valence-electron chi connectivity index (χ2n) is 5.99.